The highest BCUT2D eigenvalue weighted by atomic mass is 17.2. The van der Waals surface area contributed by atoms with Gasteiger partial charge in [-0.05, 0) is 19.8 Å². The lowest BCUT2D eigenvalue weighted by Gasteiger charge is -2.46. The van der Waals surface area contributed by atoms with Crippen molar-refractivity contribution in [1.82, 2.24) is 0 Å². The van der Waals surface area contributed by atoms with Gasteiger partial charge in [0.2, 0.25) is 5.79 Å². The molecule has 1 aliphatic carbocycles. The third-order valence-corrected chi connectivity index (χ3v) is 4.00. The summed E-state index contributed by atoms with van der Waals surface area (Å²) in [6, 6.07) is 0. The first kappa shape index (κ1) is 13.0. The van der Waals surface area contributed by atoms with Crippen molar-refractivity contribution in [2.75, 3.05) is 6.61 Å². The van der Waals surface area contributed by atoms with Crippen LogP contribution in [-0.4, -0.2) is 24.3 Å². The molecule has 4 heteroatoms. The van der Waals surface area contributed by atoms with Crippen LogP contribution in [0.5, 0.6) is 0 Å². The molecule has 17 heavy (non-hydrogen) atoms. The molecule has 0 aromatic heterocycles. The Morgan fingerprint density at radius 2 is 2.29 bits per heavy atom. The van der Waals surface area contributed by atoms with E-state index < -0.39 is 5.79 Å². The summed E-state index contributed by atoms with van der Waals surface area (Å²) in [5, 5.41) is 0. The van der Waals surface area contributed by atoms with Crippen LogP contribution in [0.15, 0.2) is 0 Å². The number of Topliss-reactive ketones (excluding diaryl/α,β-unsaturated/α-hetero) is 1. The molecule has 1 heterocycles. The molecule has 98 valence electrons. The van der Waals surface area contributed by atoms with Crippen LogP contribution in [0.4, 0.5) is 0 Å². The highest BCUT2D eigenvalue weighted by molar-refractivity contribution is 5.82. The van der Waals surface area contributed by atoms with E-state index in [-0.39, 0.29) is 23.7 Å². The lowest BCUT2D eigenvalue weighted by Crippen LogP contribution is -2.54. The lowest BCUT2D eigenvalue weighted by molar-refractivity contribution is -0.485. The summed E-state index contributed by atoms with van der Waals surface area (Å²) in [5.41, 5.74) is 0. The summed E-state index contributed by atoms with van der Waals surface area (Å²) in [6.45, 7) is 6.56. The first-order valence-electron chi connectivity index (χ1n) is 6.58. The van der Waals surface area contributed by atoms with Crippen LogP contribution in [0.3, 0.4) is 0 Å². The van der Waals surface area contributed by atoms with Crippen molar-refractivity contribution in [1.29, 1.82) is 0 Å². The number of carbonyl (C=O) groups excluding carboxylic acids is 1. The fourth-order valence-electron chi connectivity index (χ4n) is 2.51. The Labute approximate surface area is 103 Å². The van der Waals surface area contributed by atoms with Crippen LogP contribution in [-0.2, 0) is 19.3 Å². The molecule has 2 bridgehead atoms. The molecular formula is C13H22O4. The Bertz CT molecular complexity index is 287. The van der Waals surface area contributed by atoms with Gasteiger partial charge in [-0.15, -0.1) is 0 Å². The molecule has 2 aliphatic rings. The van der Waals surface area contributed by atoms with Gasteiger partial charge < -0.3 is 4.74 Å². The van der Waals surface area contributed by atoms with Crippen LogP contribution in [0.2, 0.25) is 0 Å². The van der Waals surface area contributed by atoms with Gasteiger partial charge in [-0.25, -0.2) is 9.78 Å². The molecule has 1 saturated heterocycles. The zero-order chi connectivity index (χ0) is 12.5. The van der Waals surface area contributed by atoms with E-state index in [1.807, 2.05) is 13.8 Å². The number of hydrogen-bond acceptors (Lipinski definition) is 4. The van der Waals surface area contributed by atoms with Crippen molar-refractivity contribution in [3.63, 3.8) is 0 Å². The number of carbonyl (C=O) groups is 1. The van der Waals surface area contributed by atoms with Gasteiger partial charge in [0, 0.05) is 18.3 Å². The number of hydrogen-bond donors (Lipinski definition) is 0. The molecule has 1 saturated carbocycles. The van der Waals surface area contributed by atoms with Gasteiger partial charge in [0.1, 0.15) is 11.9 Å². The SMILES string of the molecule is CCCCO[C@@]1(C)OO[C@H]2C[C@@H]1CC(=O)[C@H]2C. The molecule has 0 amide bonds. The van der Waals surface area contributed by atoms with E-state index in [1.165, 1.54) is 0 Å². The van der Waals surface area contributed by atoms with Gasteiger partial charge >= 0.3 is 0 Å². The van der Waals surface area contributed by atoms with Crippen LogP contribution < -0.4 is 0 Å². The summed E-state index contributed by atoms with van der Waals surface area (Å²) < 4.78 is 5.78. The summed E-state index contributed by atoms with van der Waals surface area (Å²) >= 11 is 0. The molecule has 0 unspecified atom stereocenters. The number of unbranched alkanes of at least 4 members (excludes halogenated alkanes) is 1. The van der Waals surface area contributed by atoms with Crippen LogP contribution in [0.25, 0.3) is 0 Å². The van der Waals surface area contributed by atoms with Crippen molar-refractivity contribution < 1.29 is 19.3 Å². The molecule has 0 aromatic rings. The summed E-state index contributed by atoms with van der Waals surface area (Å²) in [6.07, 6.45) is 3.39. The first-order valence-corrected chi connectivity index (χ1v) is 6.58. The Hall–Kier alpha value is -0.450. The molecule has 2 rings (SSSR count). The predicted molar refractivity (Wildman–Crippen MR) is 62.1 cm³/mol. The van der Waals surface area contributed by atoms with Gasteiger partial charge in [0.15, 0.2) is 0 Å². The number of fused-ring (bicyclic) bond motifs is 2. The maximum absolute atomic E-state index is 11.8. The average Bonchev–Trinajstić information content (AvgIpc) is 2.30. The zero-order valence-corrected chi connectivity index (χ0v) is 10.9. The van der Waals surface area contributed by atoms with E-state index >= 15 is 0 Å². The maximum atomic E-state index is 11.8. The van der Waals surface area contributed by atoms with Crippen molar-refractivity contribution in [2.24, 2.45) is 11.8 Å². The fourth-order valence-corrected chi connectivity index (χ4v) is 2.51. The largest absolute Gasteiger partial charge is 0.347 e. The second-order valence-corrected chi connectivity index (χ2v) is 5.33. The maximum Gasteiger partial charge on any atom is 0.202 e. The normalized spacial score (nSPS) is 41.6. The predicted octanol–water partition coefficient (Wildman–Crippen LogP) is 2.46. The monoisotopic (exact) mass is 242 g/mol. The van der Waals surface area contributed by atoms with E-state index in [0.717, 1.165) is 19.3 Å². The molecule has 1 aliphatic heterocycles. The molecule has 0 aromatic carbocycles. The minimum atomic E-state index is -0.749. The highest BCUT2D eigenvalue weighted by Crippen LogP contribution is 2.42. The Kier molecular flexibility index (Phi) is 3.85. The van der Waals surface area contributed by atoms with Gasteiger partial charge in [-0.2, -0.15) is 0 Å². The second-order valence-electron chi connectivity index (χ2n) is 5.33. The number of ketones is 1. The standard InChI is InChI=1S/C13H22O4/c1-4-5-6-15-13(3)10-7-11(14)9(2)12(8-10)16-17-13/h9-10,12H,4-8H2,1-3H3/t9-,10+,12+,13+/m1/s1. The molecule has 4 nitrogen and oxygen atoms in total. The molecular weight excluding hydrogens is 220 g/mol. The molecule has 0 spiro atoms. The lowest BCUT2D eigenvalue weighted by atomic mass is 9.75. The van der Waals surface area contributed by atoms with Crippen LogP contribution in [0, 0.1) is 11.8 Å². The third-order valence-electron chi connectivity index (χ3n) is 4.00. The minimum Gasteiger partial charge on any atom is -0.347 e. The van der Waals surface area contributed by atoms with E-state index in [2.05, 4.69) is 6.92 Å². The Morgan fingerprint density at radius 3 is 3.00 bits per heavy atom. The van der Waals surface area contributed by atoms with Crippen molar-refractivity contribution in [3.05, 3.63) is 0 Å². The summed E-state index contributed by atoms with van der Waals surface area (Å²) in [4.78, 5) is 22.6. The summed E-state index contributed by atoms with van der Waals surface area (Å²) in [7, 11) is 0. The molecule has 4 atom stereocenters. The van der Waals surface area contributed by atoms with Gasteiger partial charge in [-0.1, -0.05) is 20.3 Å². The van der Waals surface area contributed by atoms with E-state index in [4.69, 9.17) is 14.5 Å². The third kappa shape index (κ3) is 2.54. The van der Waals surface area contributed by atoms with Gasteiger partial charge in [0.05, 0.1) is 6.61 Å². The van der Waals surface area contributed by atoms with Crippen LogP contribution in [0.1, 0.15) is 46.5 Å². The quantitative estimate of drug-likeness (QED) is 0.561. The van der Waals surface area contributed by atoms with Gasteiger partial charge in [0.25, 0.3) is 0 Å². The highest BCUT2D eigenvalue weighted by Gasteiger charge is 2.50. The summed E-state index contributed by atoms with van der Waals surface area (Å²) in [5.74, 6) is -0.408. The van der Waals surface area contributed by atoms with Crippen molar-refractivity contribution >= 4 is 5.78 Å². The van der Waals surface area contributed by atoms with Crippen molar-refractivity contribution in [2.45, 2.75) is 58.3 Å². The Morgan fingerprint density at radius 1 is 1.53 bits per heavy atom. The minimum absolute atomic E-state index is 0.0496. The topological polar surface area (TPSA) is 44.8 Å². The van der Waals surface area contributed by atoms with Crippen LogP contribution >= 0.6 is 0 Å². The fraction of sp³-hybridized carbons (Fsp3) is 0.923. The van der Waals surface area contributed by atoms with E-state index in [0.29, 0.717) is 13.0 Å². The molecule has 2 fully saturated rings. The van der Waals surface area contributed by atoms with E-state index in [9.17, 15) is 4.79 Å². The number of rotatable bonds is 4. The molecule has 0 N–H and O–H groups in total. The van der Waals surface area contributed by atoms with Crippen molar-refractivity contribution in [3.8, 4) is 0 Å². The zero-order valence-electron chi connectivity index (χ0n) is 10.9. The average molecular weight is 242 g/mol. The molecule has 0 radical (unpaired) electrons. The van der Waals surface area contributed by atoms with E-state index in [1.54, 1.807) is 0 Å². The second kappa shape index (κ2) is 5.04. The van der Waals surface area contributed by atoms with Gasteiger partial charge in [-0.3, -0.25) is 4.79 Å². The smallest absolute Gasteiger partial charge is 0.202 e. The Balaban J connectivity index is 1.99. The number of ether oxygens (including phenoxy) is 1. The first-order chi connectivity index (χ1) is 8.07.